The molecule has 0 atom stereocenters. The van der Waals surface area contributed by atoms with Gasteiger partial charge in [-0.25, -0.2) is 4.98 Å². The fraction of sp³-hybridized carbons (Fsp3) is 0.636. The summed E-state index contributed by atoms with van der Waals surface area (Å²) in [6, 6.07) is 1.64. The SMILES string of the molecule is COCCOCCOCCOc1ccnc(Cl)n1. The van der Waals surface area contributed by atoms with Crippen molar-refractivity contribution >= 4 is 11.6 Å². The van der Waals surface area contributed by atoms with Crippen LogP contribution in [-0.2, 0) is 14.2 Å². The van der Waals surface area contributed by atoms with Crippen LogP contribution in [0.5, 0.6) is 5.88 Å². The minimum atomic E-state index is 0.167. The predicted octanol–water partition coefficient (Wildman–Crippen LogP) is 1.19. The number of rotatable bonds is 10. The Labute approximate surface area is 111 Å². The summed E-state index contributed by atoms with van der Waals surface area (Å²) in [6.07, 6.45) is 1.54. The van der Waals surface area contributed by atoms with Crippen molar-refractivity contribution in [3.63, 3.8) is 0 Å². The maximum Gasteiger partial charge on any atom is 0.225 e. The van der Waals surface area contributed by atoms with Crippen molar-refractivity contribution in [1.82, 2.24) is 9.97 Å². The Kier molecular flexibility index (Phi) is 8.41. The Bertz CT molecular complexity index is 328. The van der Waals surface area contributed by atoms with E-state index in [0.29, 0.717) is 45.5 Å². The molecule has 0 radical (unpaired) electrons. The van der Waals surface area contributed by atoms with E-state index in [9.17, 15) is 0 Å². The Morgan fingerprint density at radius 3 is 2.39 bits per heavy atom. The summed E-state index contributed by atoms with van der Waals surface area (Å²) >= 11 is 5.61. The predicted molar refractivity (Wildman–Crippen MR) is 66.1 cm³/mol. The lowest BCUT2D eigenvalue weighted by Crippen LogP contribution is -2.12. The van der Waals surface area contributed by atoms with Crippen molar-refractivity contribution in [3.05, 3.63) is 17.5 Å². The molecule has 0 saturated carbocycles. The molecular weight excluding hydrogens is 260 g/mol. The van der Waals surface area contributed by atoms with Gasteiger partial charge in [-0.1, -0.05) is 0 Å². The molecule has 0 aliphatic carbocycles. The van der Waals surface area contributed by atoms with Crippen LogP contribution in [-0.4, -0.2) is 56.7 Å². The zero-order valence-corrected chi connectivity index (χ0v) is 11.1. The molecule has 0 N–H and O–H groups in total. The quantitative estimate of drug-likeness (QED) is 0.472. The highest BCUT2D eigenvalue weighted by atomic mass is 35.5. The second kappa shape index (κ2) is 10.0. The summed E-state index contributed by atoms with van der Waals surface area (Å²) in [5, 5.41) is 0.167. The standard InChI is InChI=1S/C11H17ClN2O4/c1-15-4-5-16-6-7-17-8-9-18-10-2-3-13-11(12)14-10/h2-3H,4-9H2,1H3. The molecule has 0 saturated heterocycles. The molecule has 0 amide bonds. The fourth-order valence-corrected chi connectivity index (χ4v) is 1.21. The number of aromatic nitrogens is 2. The average molecular weight is 277 g/mol. The van der Waals surface area contributed by atoms with E-state index in [0.717, 1.165) is 0 Å². The van der Waals surface area contributed by atoms with Gasteiger partial charge in [0.2, 0.25) is 11.2 Å². The second-order valence-electron chi connectivity index (χ2n) is 3.23. The van der Waals surface area contributed by atoms with Gasteiger partial charge in [-0.3, -0.25) is 0 Å². The molecule has 0 aliphatic heterocycles. The first-order valence-corrected chi connectivity index (χ1v) is 5.96. The normalized spacial score (nSPS) is 10.6. The molecule has 0 unspecified atom stereocenters. The first kappa shape index (κ1) is 15.1. The molecule has 6 nitrogen and oxygen atoms in total. The topological polar surface area (TPSA) is 62.7 Å². The molecule has 102 valence electrons. The van der Waals surface area contributed by atoms with E-state index in [1.165, 1.54) is 6.20 Å². The summed E-state index contributed by atoms with van der Waals surface area (Å²) < 4.78 is 20.7. The van der Waals surface area contributed by atoms with Crippen LogP contribution >= 0.6 is 11.6 Å². The van der Waals surface area contributed by atoms with E-state index in [1.54, 1.807) is 13.2 Å². The molecule has 18 heavy (non-hydrogen) atoms. The number of hydrogen-bond acceptors (Lipinski definition) is 6. The van der Waals surface area contributed by atoms with Crippen LogP contribution in [0.25, 0.3) is 0 Å². The third-order valence-corrected chi connectivity index (χ3v) is 2.06. The highest BCUT2D eigenvalue weighted by molar-refractivity contribution is 6.28. The first-order chi connectivity index (χ1) is 8.83. The number of ether oxygens (including phenoxy) is 4. The van der Waals surface area contributed by atoms with Gasteiger partial charge in [0.25, 0.3) is 0 Å². The fourth-order valence-electron chi connectivity index (χ4n) is 1.07. The van der Waals surface area contributed by atoms with E-state index in [2.05, 4.69) is 9.97 Å². The van der Waals surface area contributed by atoms with Crippen molar-refractivity contribution in [2.24, 2.45) is 0 Å². The van der Waals surface area contributed by atoms with Crippen LogP contribution in [0.3, 0.4) is 0 Å². The van der Waals surface area contributed by atoms with Crippen LogP contribution in [0, 0.1) is 0 Å². The molecule has 1 heterocycles. The Morgan fingerprint density at radius 2 is 1.72 bits per heavy atom. The summed E-state index contributed by atoms with van der Waals surface area (Å²) in [5.41, 5.74) is 0. The molecule has 1 rings (SSSR count). The van der Waals surface area contributed by atoms with E-state index in [-0.39, 0.29) is 5.28 Å². The van der Waals surface area contributed by atoms with Gasteiger partial charge in [0.05, 0.1) is 33.0 Å². The zero-order valence-electron chi connectivity index (χ0n) is 10.3. The minimum Gasteiger partial charge on any atom is -0.475 e. The lowest BCUT2D eigenvalue weighted by molar-refractivity contribution is 0.0176. The van der Waals surface area contributed by atoms with E-state index in [1.807, 2.05) is 0 Å². The Hall–Kier alpha value is -0.950. The third-order valence-electron chi connectivity index (χ3n) is 1.88. The van der Waals surface area contributed by atoms with Gasteiger partial charge in [0, 0.05) is 19.4 Å². The van der Waals surface area contributed by atoms with Crippen LogP contribution in [0.2, 0.25) is 5.28 Å². The molecule has 1 aromatic heterocycles. The molecule has 0 fully saturated rings. The average Bonchev–Trinajstić information content (AvgIpc) is 2.37. The molecule has 0 bridgehead atoms. The van der Waals surface area contributed by atoms with Crippen molar-refractivity contribution in [2.75, 3.05) is 46.8 Å². The van der Waals surface area contributed by atoms with Crippen LogP contribution in [0.4, 0.5) is 0 Å². The van der Waals surface area contributed by atoms with E-state index in [4.69, 9.17) is 30.5 Å². The Morgan fingerprint density at radius 1 is 1.06 bits per heavy atom. The van der Waals surface area contributed by atoms with Crippen LogP contribution in [0.15, 0.2) is 12.3 Å². The highest BCUT2D eigenvalue weighted by Gasteiger charge is 1.97. The lowest BCUT2D eigenvalue weighted by Gasteiger charge is -2.06. The lowest BCUT2D eigenvalue weighted by atomic mass is 10.6. The Balaban J connectivity index is 1.92. The molecule has 0 aromatic carbocycles. The number of nitrogens with zero attached hydrogens (tertiary/aromatic N) is 2. The smallest absolute Gasteiger partial charge is 0.225 e. The molecule has 7 heteroatoms. The van der Waals surface area contributed by atoms with Crippen molar-refractivity contribution < 1.29 is 18.9 Å². The third kappa shape index (κ3) is 7.39. The molecule has 0 aliphatic rings. The van der Waals surface area contributed by atoms with Gasteiger partial charge >= 0.3 is 0 Å². The number of methoxy groups -OCH3 is 1. The number of hydrogen-bond donors (Lipinski definition) is 0. The largest absolute Gasteiger partial charge is 0.475 e. The van der Waals surface area contributed by atoms with Gasteiger partial charge < -0.3 is 18.9 Å². The minimum absolute atomic E-state index is 0.167. The van der Waals surface area contributed by atoms with E-state index < -0.39 is 0 Å². The van der Waals surface area contributed by atoms with E-state index >= 15 is 0 Å². The van der Waals surface area contributed by atoms with Gasteiger partial charge in [0.1, 0.15) is 6.61 Å². The summed E-state index contributed by atoms with van der Waals surface area (Å²) in [4.78, 5) is 7.63. The maximum absolute atomic E-state index is 5.61. The number of halogens is 1. The van der Waals surface area contributed by atoms with Gasteiger partial charge in [0.15, 0.2) is 0 Å². The molecule has 0 spiro atoms. The van der Waals surface area contributed by atoms with Gasteiger partial charge in [-0.2, -0.15) is 4.98 Å². The summed E-state index contributed by atoms with van der Waals surface area (Å²) in [5.74, 6) is 0.440. The van der Waals surface area contributed by atoms with Crippen molar-refractivity contribution in [1.29, 1.82) is 0 Å². The molecular formula is C11H17ClN2O4. The first-order valence-electron chi connectivity index (χ1n) is 5.58. The summed E-state index contributed by atoms with van der Waals surface area (Å²) in [7, 11) is 1.64. The van der Waals surface area contributed by atoms with Gasteiger partial charge in [-0.05, 0) is 11.6 Å². The molecule has 1 aromatic rings. The van der Waals surface area contributed by atoms with Crippen LogP contribution < -0.4 is 4.74 Å². The zero-order chi connectivity index (χ0) is 13.1. The van der Waals surface area contributed by atoms with Crippen molar-refractivity contribution in [2.45, 2.75) is 0 Å². The highest BCUT2D eigenvalue weighted by Crippen LogP contribution is 2.07. The second-order valence-corrected chi connectivity index (χ2v) is 3.57. The monoisotopic (exact) mass is 276 g/mol. The van der Waals surface area contributed by atoms with Crippen LogP contribution in [0.1, 0.15) is 0 Å². The van der Waals surface area contributed by atoms with Gasteiger partial charge in [-0.15, -0.1) is 0 Å². The maximum atomic E-state index is 5.61. The van der Waals surface area contributed by atoms with Crippen molar-refractivity contribution in [3.8, 4) is 5.88 Å². The summed E-state index contributed by atoms with van der Waals surface area (Å²) in [6.45, 7) is 3.12.